The van der Waals surface area contributed by atoms with E-state index >= 15 is 0 Å². The van der Waals surface area contributed by atoms with Crippen molar-refractivity contribution < 1.29 is 17.9 Å². The van der Waals surface area contributed by atoms with E-state index in [2.05, 4.69) is 5.32 Å². The molecule has 0 fully saturated rings. The number of primary sulfonamides is 1. The molecule has 1 aliphatic rings. The fourth-order valence-corrected chi connectivity index (χ4v) is 3.25. The minimum absolute atomic E-state index is 0.0161. The lowest BCUT2D eigenvalue weighted by Crippen LogP contribution is -2.15. The van der Waals surface area contributed by atoms with Crippen molar-refractivity contribution in [3.8, 4) is 5.75 Å². The molecule has 3 N–H and O–H groups in total. The number of methoxy groups -OCH3 is 1. The van der Waals surface area contributed by atoms with Crippen molar-refractivity contribution in [3.05, 3.63) is 65.4 Å². The molecule has 0 atom stereocenters. The highest BCUT2D eigenvalue weighted by Crippen LogP contribution is 2.28. The first-order valence-electron chi connectivity index (χ1n) is 7.68. The van der Waals surface area contributed by atoms with Crippen LogP contribution in [-0.4, -0.2) is 21.3 Å². The standard InChI is InChI=1S/C18H18N2O4S/c1-24-15-6-9-17-12(10-15)2-3-13(18(17)21)11-20-14-4-7-16(8-5-14)25(19,22)23/h4-11,20H,2-3H2,1H3,(H2,19,22,23)/b13-11+. The van der Waals surface area contributed by atoms with E-state index < -0.39 is 10.0 Å². The Labute approximate surface area is 146 Å². The predicted octanol–water partition coefficient (Wildman–Crippen LogP) is 2.47. The van der Waals surface area contributed by atoms with E-state index in [-0.39, 0.29) is 10.7 Å². The number of nitrogens with two attached hydrogens (primary N) is 1. The SMILES string of the molecule is COc1ccc2c(c1)CC/C(=C\Nc1ccc(S(N)(=O)=O)cc1)C2=O. The summed E-state index contributed by atoms with van der Waals surface area (Å²) in [5.74, 6) is 0.726. The number of rotatable bonds is 4. The highest BCUT2D eigenvalue weighted by atomic mass is 32.2. The first-order chi connectivity index (χ1) is 11.9. The van der Waals surface area contributed by atoms with E-state index in [9.17, 15) is 13.2 Å². The second-order valence-electron chi connectivity index (χ2n) is 5.74. The number of allylic oxidation sites excluding steroid dienone is 1. The second-order valence-corrected chi connectivity index (χ2v) is 7.30. The molecule has 0 radical (unpaired) electrons. The van der Waals surface area contributed by atoms with Crippen LogP contribution in [-0.2, 0) is 16.4 Å². The van der Waals surface area contributed by atoms with Gasteiger partial charge in [0.25, 0.3) is 0 Å². The second kappa shape index (κ2) is 6.70. The molecule has 0 unspecified atom stereocenters. The molecular weight excluding hydrogens is 340 g/mol. The zero-order valence-corrected chi connectivity index (χ0v) is 14.5. The number of ketones is 1. The molecule has 0 heterocycles. The van der Waals surface area contributed by atoms with Gasteiger partial charge < -0.3 is 10.1 Å². The Bertz CT molecular complexity index is 948. The van der Waals surface area contributed by atoms with Crippen molar-refractivity contribution in [3.63, 3.8) is 0 Å². The summed E-state index contributed by atoms with van der Waals surface area (Å²) in [5.41, 5.74) is 3.02. The maximum absolute atomic E-state index is 12.6. The molecule has 130 valence electrons. The quantitative estimate of drug-likeness (QED) is 0.818. The molecule has 0 spiro atoms. The summed E-state index contributed by atoms with van der Waals surface area (Å²) in [7, 11) is -2.11. The maximum atomic E-state index is 12.6. The zero-order valence-electron chi connectivity index (χ0n) is 13.7. The zero-order chi connectivity index (χ0) is 18.0. The van der Waals surface area contributed by atoms with Crippen LogP contribution in [0.3, 0.4) is 0 Å². The molecule has 0 amide bonds. The van der Waals surface area contributed by atoms with Crippen LogP contribution in [0.4, 0.5) is 5.69 Å². The number of benzene rings is 2. The molecule has 0 aromatic heterocycles. The van der Waals surface area contributed by atoms with Gasteiger partial charge in [-0.25, -0.2) is 13.6 Å². The lowest BCUT2D eigenvalue weighted by Gasteiger charge is -2.18. The number of ether oxygens (including phenoxy) is 1. The molecule has 0 aliphatic heterocycles. The van der Waals surface area contributed by atoms with E-state index in [0.717, 1.165) is 17.7 Å². The molecular formula is C18H18N2O4S. The van der Waals surface area contributed by atoms with Crippen LogP contribution in [0, 0.1) is 0 Å². The van der Waals surface area contributed by atoms with Crippen LogP contribution < -0.4 is 15.2 Å². The van der Waals surface area contributed by atoms with Crippen LogP contribution in [0.25, 0.3) is 0 Å². The number of sulfonamides is 1. The monoisotopic (exact) mass is 358 g/mol. The number of Topliss-reactive ketones (excluding diaryl/α,β-unsaturated/α-hetero) is 1. The number of anilines is 1. The van der Waals surface area contributed by atoms with Gasteiger partial charge in [-0.1, -0.05) is 0 Å². The van der Waals surface area contributed by atoms with Crippen molar-refractivity contribution in [1.82, 2.24) is 0 Å². The summed E-state index contributed by atoms with van der Waals surface area (Å²) >= 11 is 0. The van der Waals surface area contributed by atoms with Gasteiger partial charge in [-0.2, -0.15) is 0 Å². The number of aryl methyl sites for hydroxylation is 1. The Balaban J connectivity index is 1.77. The Morgan fingerprint density at radius 1 is 1.12 bits per heavy atom. The minimum atomic E-state index is -3.71. The third-order valence-corrected chi connectivity index (χ3v) is 5.04. The van der Waals surface area contributed by atoms with Gasteiger partial charge in [0.1, 0.15) is 5.75 Å². The van der Waals surface area contributed by atoms with E-state index in [1.807, 2.05) is 6.07 Å². The average molecular weight is 358 g/mol. The normalized spacial score (nSPS) is 15.8. The first-order valence-corrected chi connectivity index (χ1v) is 9.23. The largest absolute Gasteiger partial charge is 0.497 e. The van der Waals surface area contributed by atoms with Crippen molar-refractivity contribution in [2.75, 3.05) is 12.4 Å². The van der Waals surface area contributed by atoms with E-state index in [0.29, 0.717) is 23.2 Å². The molecule has 2 aromatic carbocycles. The number of fused-ring (bicyclic) bond motifs is 1. The fourth-order valence-electron chi connectivity index (χ4n) is 2.73. The highest BCUT2D eigenvalue weighted by Gasteiger charge is 2.22. The van der Waals surface area contributed by atoms with Crippen LogP contribution in [0.2, 0.25) is 0 Å². The summed E-state index contributed by atoms with van der Waals surface area (Å²) in [6.07, 6.45) is 3.05. The van der Waals surface area contributed by atoms with Gasteiger partial charge in [0, 0.05) is 23.0 Å². The minimum Gasteiger partial charge on any atom is -0.497 e. The highest BCUT2D eigenvalue weighted by molar-refractivity contribution is 7.89. The molecule has 1 aliphatic carbocycles. The van der Waals surface area contributed by atoms with Gasteiger partial charge in [-0.3, -0.25) is 4.79 Å². The number of carbonyl (C=O) groups excluding carboxylic acids is 1. The van der Waals surface area contributed by atoms with E-state index in [4.69, 9.17) is 9.88 Å². The molecule has 0 saturated heterocycles. The Morgan fingerprint density at radius 3 is 2.48 bits per heavy atom. The molecule has 0 bridgehead atoms. The predicted molar refractivity (Wildman–Crippen MR) is 95.2 cm³/mol. The molecule has 7 heteroatoms. The molecule has 25 heavy (non-hydrogen) atoms. The fraction of sp³-hybridized carbons (Fsp3) is 0.167. The van der Waals surface area contributed by atoms with E-state index in [1.54, 1.807) is 37.6 Å². The lowest BCUT2D eigenvalue weighted by molar-refractivity contribution is 0.102. The number of hydrogen-bond donors (Lipinski definition) is 2. The van der Waals surface area contributed by atoms with Crippen LogP contribution in [0.15, 0.2) is 59.1 Å². The van der Waals surface area contributed by atoms with Crippen molar-refractivity contribution >= 4 is 21.5 Å². The third kappa shape index (κ3) is 3.72. The van der Waals surface area contributed by atoms with Crippen LogP contribution >= 0.6 is 0 Å². The topological polar surface area (TPSA) is 98.5 Å². The first kappa shape index (κ1) is 17.2. The van der Waals surface area contributed by atoms with E-state index in [1.165, 1.54) is 12.1 Å². The van der Waals surface area contributed by atoms with Crippen molar-refractivity contribution in [2.24, 2.45) is 5.14 Å². The summed E-state index contributed by atoms with van der Waals surface area (Å²) < 4.78 is 27.7. The summed E-state index contributed by atoms with van der Waals surface area (Å²) in [6.45, 7) is 0. The third-order valence-electron chi connectivity index (χ3n) is 4.11. The van der Waals surface area contributed by atoms with Gasteiger partial charge in [-0.05, 0) is 60.9 Å². The van der Waals surface area contributed by atoms with Gasteiger partial charge in [0.15, 0.2) is 5.78 Å². The Kier molecular flexibility index (Phi) is 4.61. The van der Waals surface area contributed by atoms with Gasteiger partial charge in [-0.15, -0.1) is 0 Å². The van der Waals surface area contributed by atoms with Gasteiger partial charge >= 0.3 is 0 Å². The summed E-state index contributed by atoms with van der Waals surface area (Å²) in [4.78, 5) is 12.6. The molecule has 3 rings (SSSR count). The van der Waals surface area contributed by atoms with Crippen LogP contribution in [0.5, 0.6) is 5.75 Å². The maximum Gasteiger partial charge on any atom is 0.238 e. The smallest absolute Gasteiger partial charge is 0.238 e. The number of carbonyl (C=O) groups is 1. The Morgan fingerprint density at radius 2 is 1.84 bits per heavy atom. The molecule has 6 nitrogen and oxygen atoms in total. The Hall–Kier alpha value is -2.64. The number of hydrogen-bond acceptors (Lipinski definition) is 5. The summed E-state index contributed by atoms with van der Waals surface area (Å²) in [6, 6.07) is 11.5. The van der Waals surface area contributed by atoms with Crippen LogP contribution in [0.1, 0.15) is 22.3 Å². The number of nitrogens with one attached hydrogen (secondary N) is 1. The molecule has 2 aromatic rings. The molecule has 0 saturated carbocycles. The average Bonchev–Trinajstić information content (AvgIpc) is 2.60. The summed E-state index contributed by atoms with van der Waals surface area (Å²) in [5, 5.41) is 8.10. The van der Waals surface area contributed by atoms with Gasteiger partial charge in [0.05, 0.1) is 12.0 Å². The lowest BCUT2D eigenvalue weighted by atomic mass is 9.87. The van der Waals surface area contributed by atoms with Crippen molar-refractivity contribution in [2.45, 2.75) is 17.7 Å². The van der Waals surface area contributed by atoms with Crippen molar-refractivity contribution in [1.29, 1.82) is 0 Å². The van der Waals surface area contributed by atoms with Gasteiger partial charge in [0.2, 0.25) is 10.0 Å².